The molecule has 1 aromatic heterocycles. The minimum atomic E-state index is -0.152. The third-order valence-electron chi connectivity index (χ3n) is 4.67. The Morgan fingerprint density at radius 1 is 1.07 bits per heavy atom. The van der Waals surface area contributed by atoms with Crippen molar-refractivity contribution in [2.24, 2.45) is 0 Å². The highest BCUT2D eigenvalue weighted by Crippen LogP contribution is 2.31. The van der Waals surface area contributed by atoms with Crippen LogP contribution in [0.1, 0.15) is 28.7 Å². The standard InChI is InChI=1S/C22H22N2O4/c1-3-24(14-16-9-10-18-19(13-16)27-12-11-26-18)22(25)20-15(2)28-21(23-20)17-7-5-4-6-8-17/h4-10,13H,3,11-12,14H2,1-2H3. The lowest BCUT2D eigenvalue weighted by molar-refractivity contribution is 0.0745. The summed E-state index contributed by atoms with van der Waals surface area (Å²) in [7, 11) is 0. The number of carbonyl (C=O) groups excluding carboxylic acids is 1. The van der Waals surface area contributed by atoms with Gasteiger partial charge in [-0.2, -0.15) is 0 Å². The van der Waals surface area contributed by atoms with Gasteiger partial charge in [0.1, 0.15) is 19.0 Å². The third kappa shape index (κ3) is 3.58. The Kier molecular flexibility index (Phi) is 5.02. The van der Waals surface area contributed by atoms with E-state index in [1.807, 2.05) is 55.5 Å². The summed E-state index contributed by atoms with van der Waals surface area (Å²) in [5, 5.41) is 0. The zero-order valence-electron chi connectivity index (χ0n) is 16.0. The molecule has 4 rings (SSSR count). The van der Waals surface area contributed by atoms with Crippen LogP contribution in [0.3, 0.4) is 0 Å². The van der Waals surface area contributed by atoms with Gasteiger partial charge in [-0.1, -0.05) is 24.3 Å². The lowest BCUT2D eigenvalue weighted by atomic mass is 10.1. The molecule has 0 saturated carbocycles. The smallest absolute Gasteiger partial charge is 0.276 e. The maximum Gasteiger partial charge on any atom is 0.276 e. The van der Waals surface area contributed by atoms with E-state index in [2.05, 4.69) is 4.98 Å². The zero-order valence-corrected chi connectivity index (χ0v) is 16.0. The predicted molar refractivity (Wildman–Crippen MR) is 105 cm³/mol. The molecule has 0 radical (unpaired) electrons. The molecule has 3 aromatic rings. The van der Waals surface area contributed by atoms with Crippen LogP contribution in [-0.2, 0) is 6.54 Å². The monoisotopic (exact) mass is 378 g/mol. The van der Waals surface area contributed by atoms with Gasteiger partial charge >= 0.3 is 0 Å². The second kappa shape index (κ2) is 7.76. The molecular weight excluding hydrogens is 356 g/mol. The first kappa shape index (κ1) is 18.1. The molecule has 0 unspecified atom stereocenters. The lowest BCUT2D eigenvalue weighted by Gasteiger charge is -2.22. The molecule has 1 aliphatic heterocycles. The van der Waals surface area contributed by atoms with Crippen molar-refractivity contribution in [3.63, 3.8) is 0 Å². The molecule has 0 saturated heterocycles. The van der Waals surface area contributed by atoms with Gasteiger partial charge in [-0.05, 0) is 43.7 Å². The molecule has 0 fully saturated rings. The number of ether oxygens (including phenoxy) is 2. The van der Waals surface area contributed by atoms with Crippen molar-refractivity contribution in [2.75, 3.05) is 19.8 Å². The SMILES string of the molecule is CCN(Cc1ccc2c(c1)OCCO2)C(=O)c1nc(-c2ccccc2)oc1C. The van der Waals surface area contributed by atoms with Crippen LogP contribution in [0.2, 0.25) is 0 Å². The molecule has 2 aromatic carbocycles. The summed E-state index contributed by atoms with van der Waals surface area (Å²) >= 11 is 0. The Hall–Kier alpha value is -3.28. The summed E-state index contributed by atoms with van der Waals surface area (Å²) in [5.74, 6) is 2.28. The first-order valence-corrected chi connectivity index (χ1v) is 9.36. The molecule has 144 valence electrons. The number of oxazole rings is 1. The molecule has 0 bridgehead atoms. The summed E-state index contributed by atoms with van der Waals surface area (Å²) in [6, 6.07) is 15.3. The number of amides is 1. The van der Waals surface area contributed by atoms with E-state index in [9.17, 15) is 4.79 Å². The number of hydrogen-bond acceptors (Lipinski definition) is 5. The number of aromatic nitrogens is 1. The Bertz CT molecular complexity index is 981. The largest absolute Gasteiger partial charge is 0.486 e. The molecule has 0 spiro atoms. The van der Waals surface area contributed by atoms with E-state index in [1.165, 1.54) is 0 Å². The Balaban J connectivity index is 1.55. The number of carbonyl (C=O) groups is 1. The summed E-state index contributed by atoms with van der Waals surface area (Å²) in [6.45, 7) is 5.82. The van der Waals surface area contributed by atoms with Crippen molar-refractivity contribution in [1.29, 1.82) is 0 Å². The number of benzene rings is 2. The summed E-state index contributed by atoms with van der Waals surface area (Å²) < 4.78 is 16.9. The second-order valence-corrected chi connectivity index (χ2v) is 6.59. The van der Waals surface area contributed by atoms with Crippen LogP contribution >= 0.6 is 0 Å². The zero-order chi connectivity index (χ0) is 19.5. The van der Waals surface area contributed by atoms with Gasteiger partial charge in [-0.3, -0.25) is 4.79 Å². The lowest BCUT2D eigenvalue weighted by Crippen LogP contribution is -2.31. The van der Waals surface area contributed by atoms with Gasteiger partial charge in [0.15, 0.2) is 17.2 Å². The fraction of sp³-hybridized carbons (Fsp3) is 0.273. The van der Waals surface area contributed by atoms with Gasteiger partial charge in [-0.15, -0.1) is 0 Å². The number of hydrogen-bond donors (Lipinski definition) is 0. The van der Waals surface area contributed by atoms with Crippen LogP contribution in [0.5, 0.6) is 11.5 Å². The maximum atomic E-state index is 13.1. The molecule has 1 amide bonds. The van der Waals surface area contributed by atoms with E-state index in [1.54, 1.807) is 11.8 Å². The van der Waals surface area contributed by atoms with E-state index in [0.29, 0.717) is 43.6 Å². The highest BCUT2D eigenvalue weighted by Gasteiger charge is 2.23. The van der Waals surface area contributed by atoms with Gasteiger partial charge in [0.25, 0.3) is 5.91 Å². The second-order valence-electron chi connectivity index (χ2n) is 6.59. The topological polar surface area (TPSA) is 64.8 Å². The van der Waals surface area contributed by atoms with E-state index in [4.69, 9.17) is 13.9 Å². The Morgan fingerprint density at radius 2 is 1.82 bits per heavy atom. The van der Waals surface area contributed by atoms with Gasteiger partial charge in [0, 0.05) is 18.7 Å². The first-order chi connectivity index (χ1) is 13.7. The van der Waals surface area contributed by atoms with Gasteiger partial charge in [-0.25, -0.2) is 4.98 Å². The van der Waals surface area contributed by atoms with Gasteiger partial charge in [0.2, 0.25) is 5.89 Å². The minimum absolute atomic E-state index is 0.152. The summed E-state index contributed by atoms with van der Waals surface area (Å²) in [4.78, 5) is 19.3. The van der Waals surface area contributed by atoms with Gasteiger partial charge in [0.05, 0.1) is 0 Å². The van der Waals surface area contributed by atoms with Crippen LogP contribution in [0, 0.1) is 6.92 Å². The summed E-state index contributed by atoms with van der Waals surface area (Å²) in [6.07, 6.45) is 0. The first-order valence-electron chi connectivity index (χ1n) is 9.36. The average Bonchev–Trinajstić information content (AvgIpc) is 3.13. The molecule has 0 N–H and O–H groups in total. The third-order valence-corrected chi connectivity index (χ3v) is 4.67. The molecule has 2 heterocycles. The van der Waals surface area contributed by atoms with E-state index < -0.39 is 0 Å². The Morgan fingerprint density at radius 3 is 2.57 bits per heavy atom. The fourth-order valence-corrected chi connectivity index (χ4v) is 3.18. The highest BCUT2D eigenvalue weighted by molar-refractivity contribution is 5.93. The van der Waals surface area contributed by atoms with Crippen molar-refractivity contribution in [3.8, 4) is 23.0 Å². The normalized spacial score (nSPS) is 12.6. The molecule has 1 aliphatic rings. The quantitative estimate of drug-likeness (QED) is 0.669. The molecule has 0 aliphatic carbocycles. The van der Waals surface area contributed by atoms with Crippen LogP contribution in [-0.4, -0.2) is 35.5 Å². The number of aryl methyl sites for hydroxylation is 1. The van der Waals surface area contributed by atoms with Crippen LogP contribution in [0.4, 0.5) is 0 Å². The van der Waals surface area contributed by atoms with Crippen molar-refractivity contribution < 1.29 is 18.7 Å². The molecule has 6 nitrogen and oxygen atoms in total. The number of nitrogens with zero attached hydrogens (tertiary/aromatic N) is 2. The highest BCUT2D eigenvalue weighted by atomic mass is 16.6. The van der Waals surface area contributed by atoms with Crippen LogP contribution < -0.4 is 9.47 Å². The average molecular weight is 378 g/mol. The van der Waals surface area contributed by atoms with E-state index in [-0.39, 0.29) is 5.91 Å². The van der Waals surface area contributed by atoms with Crippen molar-refractivity contribution >= 4 is 5.91 Å². The predicted octanol–water partition coefficient (Wildman–Crippen LogP) is 4.08. The number of rotatable bonds is 5. The fourth-order valence-electron chi connectivity index (χ4n) is 3.18. The van der Waals surface area contributed by atoms with Crippen LogP contribution in [0.15, 0.2) is 52.9 Å². The minimum Gasteiger partial charge on any atom is -0.486 e. The molecular formula is C22H22N2O4. The van der Waals surface area contributed by atoms with Gasteiger partial charge < -0.3 is 18.8 Å². The van der Waals surface area contributed by atoms with Crippen molar-refractivity contribution in [1.82, 2.24) is 9.88 Å². The van der Waals surface area contributed by atoms with Crippen molar-refractivity contribution in [3.05, 3.63) is 65.5 Å². The van der Waals surface area contributed by atoms with E-state index in [0.717, 1.165) is 22.6 Å². The molecule has 6 heteroatoms. The Labute approximate surface area is 163 Å². The van der Waals surface area contributed by atoms with Crippen molar-refractivity contribution in [2.45, 2.75) is 20.4 Å². The molecule has 28 heavy (non-hydrogen) atoms. The van der Waals surface area contributed by atoms with E-state index >= 15 is 0 Å². The number of fused-ring (bicyclic) bond motifs is 1. The van der Waals surface area contributed by atoms with Crippen LogP contribution in [0.25, 0.3) is 11.5 Å². The molecule has 0 atom stereocenters. The summed E-state index contributed by atoms with van der Waals surface area (Å²) in [5.41, 5.74) is 2.17. The maximum absolute atomic E-state index is 13.1.